The van der Waals surface area contributed by atoms with E-state index in [-0.39, 0.29) is 6.10 Å². The van der Waals surface area contributed by atoms with E-state index in [1.165, 1.54) is 6.33 Å². The minimum atomic E-state index is 0.131. The van der Waals surface area contributed by atoms with Crippen LogP contribution in [-0.2, 0) is 0 Å². The number of hydrogen-bond donors (Lipinski definition) is 2. The summed E-state index contributed by atoms with van der Waals surface area (Å²) in [5.74, 6) is 6.31. The lowest BCUT2D eigenvalue weighted by atomic mass is 10.2. The predicted octanol–water partition coefficient (Wildman–Crippen LogP) is 2.09. The van der Waals surface area contributed by atoms with E-state index in [1.807, 2.05) is 6.92 Å². The first-order valence-electron chi connectivity index (χ1n) is 4.82. The second-order valence-corrected chi connectivity index (χ2v) is 4.00. The summed E-state index contributed by atoms with van der Waals surface area (Å²) in [6.07, 6.45) is 3.61. The third-order valence-corrected chi connectivity index (χ3v) is 2.62. The number of hydrazine groups is 1. The molecule has 1 unspecified atom stereocenters. The summed E-state index contributed by atoms with van der Waals surface area (Å²) in [5.41, 5.74) is 2.46. The molecule has 0 saturated carbocycles. The molecule has 1 heterocycles. The standard InChI is InChI=1S/C9H15BrN4O/c1-3-4-6(2)15-9-7(10)8(14-11)12-5-13-9/h5-6H,3-4,11H2,1-2H3,(H,12,13,14). The van der Waals surface area contributed by atoms with Crippen molar-refractivity contribution < 1.29 is 4.74 Å². The fourth-order valence-electron chi connectivity index (χ4n) is 1.19. The molecule has 0 amide bonds. The van der Waals surface area contributed by atoms with E-state index in [0.29, 0.717) is 16.2 Å². The Balaban J connectivity index is 2.76. The fraction of sp³-hybridized carbons (Fsp3) is 0.556. The molecule has 1 aromatic rings. The second kappa shape index (κ2) is 5.87. The van der Waals surface area contributed by atoms with Crippen LogP contribution in [0, 0.1) is 0 Å². The van der Waals surface area contributed by atoms with Gasteiger partial charge in [-0.15, -0.1) is 0 Å². The Labute approximate surface area is 97.5 Å². The highest BCUT2D eigenvalue weighted by Crippen LogP contribution is 2.28. The Morgan fingerprint density at radius 3 is 2.93 bits per heavy atom. The van der Waals surface area contributed by atoms with Crippen LogP contribution >= 0.6 is 15.9 Å². The molecular formula is C9H15BrN4O. The van der Waals surface area contributed by atoms with Crippen molar-refractivity contribution in [3.8, 4) is 5.88 Å². The van der Waals surface area contributed by atoms with Crippen molar-refractivity contribution in [3.05, 3.63) is 10.8 Å². The van der Waals surface area contributed by atoms with Crippen LogP contribution in [0.5, 0.6) is 5.88 Å². The van der Waals surface area contributed by atoms with E-state index in [4.69, 9.17) is 10.6 Å². The highest BCUT2D eigenvalue weighted by Gasteiger charge is 2.11. The summed E-state index contributed by atoms with van der Waals surface area (Å²) in [6, 6.07) is 0. The molecule has 0 spiro atoms. The van der Waals surface area contributed by atoms with Crippen molar-refractivity contribution in [2.24, 2.45) is 5.84 Å². The van der Waals surface area contributed by atoms with Gasteiger partial charge in [0.15, 0.2) is 5.82 Å². The average molecular weight is 275 g/mol. The number of anilines is 1. The number of nitrogen functional groups attached to an aromatic ring is 1. The van der Waals surface area contributed by atoms with Crippen LogP contribution < -0.4 is 16.0 Å². The molecule has 0 aliphatic heterocycles. The van der Waals surface area contributed by atoms with Crippen molar-refractivity contribution >= 4 is 21.7 Å². The number of nitrogens with one attached hydrogen (secondary N) is 1. The lowest BCUT2D eigenvalue weighted by Gasteiger charge is -2.14. The molecule has 0 fully saturated rings. The van der Waals surface area contributed by atoms with E-state index < -0.39 is 0 Å². The van der Waals surface area contributed by atoms with Crippen molar-refractivity contribution in [1.29, 1.82) is 0 Å². The first kappa shape index (κ1) is 12.2. The van der Waals surface area contributed by atoms with Gasteiger partial charge in [-0.3, -0.25) is 0 Å². The van der Waals surface area contributed by atoms with Gasteiger partial charge in [0.1, 0.15) is 10.8 Å². The Bertz CT molecular complexity index is 321. The zero-order chi connectivity index (χ0) is 11.3. The summed E-state index contributed by atoms with van der Waals surface area (Å²) in [4.78, 5) is 7.97. The summed E-state index contributed by atoms with van der Waals surface area (Å²) in [7, 11) is 0. The van der Waals surface area contributed by atoms with E-state index >= 15 is 0 Å². The molecule has 0 saturated heterocycles. The first-order chi connectivity index (χ1) is 7.19. The number of halogens is 1. The van der Waals surface area contributed by atoms with E-state index in [2.05, 4.69) is 38.2 Å². The zero-order valence-electron chi connectivity index (χ0n) is 8.83. The molecule has 1 atom stereocenters. The highest BCUT2D eigenvalue weighted by atomic mass is 79.9. The summed E-state index contributed by atoms with van der Waals surface area (Å²) in [5, 5.41) is 0. The van der Waals surface area contributed by atoms with Gasteiger partial charge in [-0.25, -0.2) is 15.8 Å². The predicted molar refractivity (Wildman–Crippen MR) is 62.5 cm³/mol. The van der Waals surface area contributed by atoms with Gasteiger partial charge in [0.2, 0.25) is 5.88 Å². The SMILES string of the molecule is CCCC(C)Oc1ncnc(NN)c1Br. The van der Waals surface area contributed by atoms with Gasteiger partial charge in [-0.2, -0.15) is 0 Å². The molecule has 0 aliphatic rings. The van der Waals surface area contributed by atoms with Gasteiger partial charge in [0.05, 0.1) is 6.10 Å². The summed E-state index contributed by atoms with van der Waals surface area (Å²) in [6.45, 7) is 4.12. The molecule has 0 radical (unpaired) electrons. The van der Waals surface area contributed by atoms with Gasteiger partial charge >= 0.3 is 0 Å². The number of aromatic nitrogens is 2. The van der Waals surface area contributed by atoms with Crippen LogP contribution in [0.4, 0.5) is 5.82 Å². The maximum atomic E-state index is 5.63. The Kier molecular flexibility index (Phi) is 4.77. The van der Waals surface area contributed by atoms with Crippen molar-refractivity contribution in [3.63, 3.8) is 0 Å². The topological polar surface area (TPSA) is 73.1 Å². The second-order valence-electron chi connectivity index (χ2n) is 3.20. The molecule has 0 bridgehead atoms. The number of ether oxygens (including phenoxy) is 1. The minimum absolute atomic E-state index is 0.131. The third-order valence-electron chi connectivity index (χ3n) is 1.90. The summed E-state index contributed by atoms with van der Waals surface area (Å²) < 4.78 is 6.28. The van der Waals surface area contributed by atoms with E-state index in [0.717, 1.165) is 12.8 Å². The molecular weight excluding hydrogens is 260 g/mol. The number of nitrogens with zero attached hydrogens (tertiary/aromatic N) is 2. The smallest absolute Gasteiger partial charge is 0.233 e. The van der Waals surface area contributed by atoms with Crippen LogP contribution in [0.25, 0.3) is 0 Å². The molecule has 5 nitrogen and oxygen atoms in total. The molecule has 0 aliphatic carbocycles. The van der Waals surface area contributed by atoms with Crippen LogP contribution in [-0.4, -0.2) is 16.1 Å². The largest absolute Gasteiger partial charge is 0.474 e. The van der Waals surface area contributed by atoms with Gasteiger partial charge < -0.3 is 10.2 Å². The molecule has 84 valence electrons. The molecule has 3 N–H and O–H groups in total. The first-order valence-corrected chi connectivity index (χ1v) is 5.62. The van der Waals surface area contributed by atoms with Crippen LogP contribution in [0.2, 0.25) is 0 Å². The Morgan fingerprint density at radius 2 is 2.33 bits per heavy atom. The van der Waals surface area contributed by atoms with E-state index in [9.17, 15) is 0 Å². The quantitative estimate of drug-likeness (QED) is 0.636. The Morgan fingerprint density at radius 1 is 1.60 bits per heavy atom. The number of nitrogens with two attached hydrogens (primary N) is 1. The van der Waals surface area contributed by atoms with Crippen molar-refractivity contribution in [2.45, 2.75) is 32.8 Å². The van der Waals surface area contributed by atoms with Crippen LogP contribution in [0.3, 0.4) is 0 Å². The van der Waals surface area contributed by atoms with Crippen molar-refractivity contribution in [1.82, 2.24) is 9.97 Å². The van der Waals surface area contributed by atoms with Crippen LogP contribution in [0.1, 0.15) is 26.7 Å². The van der Waals surface area contributed by atoms with Gasteiger partial charge in [-0.05, 0) is 29.3 Å². The van der Waals surface area contributed by atoms with E-state index in [1.54, 1.807) is 0 Å². The number of hydrogen-bond acceptors (Lipinski definition) is 5. The molecule has 1 rings (SSSR count). The lowest BCUT2D eigenvalue weighted by molar-refractivity contribution is 0.200. The van der Waals surface area contributed by atoms with Gasteiger partial charge in [0.25, 0.3) is 0 Å². The minimum Gasteiger partial charge on any atom is -0.474 e. The third kappa shape index (κ3) is 3.32. The Hall–Kier alpha value is -0.880. The lowest BCUT2D eigenvalue weighted by Crippen LogP contribution is -2.14. The van der Waals surface area contributed by atoms with Gasteiger partial charge in [-0.1, -0.05) is 13.3 Å². The monoisotopic (exact) mass is 274 g/mol. The molecule has 6 heteroatoms. The zero-order valence-corrected chi connectivity index (χ0v) is 10.4. The van der Waals surface area contributed by atoms with Crippen LogP contribution in [0.15, 0.2) is 10.8 Å². The maximum Gasteiger partial charge on any atom is 0.233 e. The normalized spacial score (nSPS) is 12.3. The fourth-order valence-corrected chi connectivity index (χ4v) is 1.61. The van der Waals surface area contributed by atoms with Gasteiger partial charge in [0, 0.05) is 0 Å². The van der Waals surface area contributed by atoms with Crippen molar-refractivity contribution in [2.75, 3.05) is 5.43 Å². The molecule has 15 heavy (non-hydrogen) atoms. The number of rotatable bonds is 5. The molecule has 1 aromatic heterocycles. The average Bonchev–Trinajstić information content (AvgIpc) is 2.21. The highest BCUT2D eigenvalue weighted by molar-refractivity contribution is 9.10. The summed E-state index contributed by atoms with van der Waals surface area (Å²) >= 11 is 3.33. The molecule has 0 aromatic carbocycles. The maximum absolute atomic E-state index is 5.63.